The summed E-state index contributed by atoms with van der Waals surface area (Å²) < 4.78 is 27.0. The van der Waals surface area contributed by atoms with Crippen LogP contribution in [-0.4, -0.2) is 31.6 Å². The van der Waals surface area contributed by atoms with Gasteiger partial charge in [0.15, 0.2) is 0 Å². The minimum absolute atomic E-state index is 0.187. The number of nitrogens with one attached hydrogen (secondary N) is 2. The second-order valence-corrected chi connectivity index (χ2v) is 8.94. The fourth-order valence-electron chi connectivity index (χ4n) is 5.41. The van der Waals surface area contributed by atoms with Crippen molar-refractivity contribution in [2.45, 2.75) is 96.1 Å². The molecule has 2 aliphatic carbocycles. The lowest BCUT2D eigenvalue weighted by molar-refractivity contribution is 0.0574. The molecule has 146 valence electrons. The standard InChI is InChI=1S/C21H38F2N2/c1-2-3-4-5-15-6-8-16(9-7-15)18-13-24-21(25-14-18)17-10-11-19(22)20(23)12-17/h15-21,24-25H,2-14H2,1H3. The zero-order valence-corrected chi connectivity index (χ0v) is 16.0. The molecule has 3 atom stereocenters. The first-order valence-corrected chi connectivity index (χ1v) is 10.9. The molecule has 0 bridgehead atoms. The average molecular weight is 357 g/mol. The van der Waals surface area contributed by atoms with Crippen molar-refractivity contribution in [2.24, 2.45) is 23.7 Å². The summed E-state index contributed by atoms with van der Waals surface area (Å²) >= 11 is 0. The number of unbranched alkanes of at least 4 members (excludes halogenated alkanes) is 2. The van der Waals surface area contributed by atoms with Crippen molar-refractivity contribution in [3.63, 3.8) is 0 Å². The van der Waals surface area contributed by atoms with E-state index in [0.29, 0.717) is 18.8 Å². The molecule has 2 N–H and O–H groups in total. The first-order chi connectivity index (χ1) is 12.2. The summed E-state index contributed by atoms with van der Waals surface area (Å²) in [7, 11) is 0. The Balaban J connectivity index is 1.36. The quantitative estimate of drug-likeness (QED) is 0.656. The van der Waals surface area contributed by atoms with Gasteiger partial charge in [-0.2, -0.15) is 0 Å². The van der Waals surface area contributed by atoms with Crippen LogP contribution < -0.4 is 10.6 Å². The van der Waals surface area contributed by atoms with E-state index in [1.807, 2.05) is 0 Å². The molecular formula is C21H38F2N2. The predicted octanol–water partition coefficient (Wildman–Crippen LogP) is 4.98. The molecule has 0 aromatic rings. The molecule has 25 heavy (non-hydrogen) atoms. The molecule has 4 heteroatoms. The smallest absolute Gasteiger partial charge is 0.132 e. The Labute approximate surface area is 152 Å². The average Bonchev–Trinajstić information content (AvgIpc) is 2.65. The topological polar surface area (TPSA) is 24.1 Å². The minimum atomic E-state index is -1.26. The zero-order valence-electron chi connectivity index (χ0n) is 16.0. The summed E-state index contributed by atoms with van der Waals surface area (Å²) in [5.41, 5.74) is 0. The highest BCUT2D eigenvalue weighted by atomic mass is 19.2. The van der Waals surface area contributed by atoms with E-state index in [1.54, 1.807) is 0 Å². The summed E-state index contributed by atoms with van der Waals surface area (Å²) in [5.74, 6) is 2.78. The second-order valence-electron chi connectivity index (χ2n) is 8.94. The highest BCUT2D eigenvalue weighted by Gasteiger charge is 2.37. The fourth-order valence-corrected chi connectivity index (χ4v) is 5.41. The molecule has 0 radical (unpaired) electrons. The van der Waals surface area contributed by atoms with Gasteiger partial charge in [-0.05, 0) is 55.8 Å². The number of hydrogen-bond donors (Lipinski definition) is 2. The van der Waals surface area contributed by atoms with E-state index >= 15 is 0 Å². The molecule has 3 aliphatic rings. The lowest BCUT2D eigenvalue weighted by Gasteiger charge is -2.42. The van der Waals surface area contributed by atoms with Crippen LogP contribution in [0.3, 0.4) is 0 Å². The maximum Gasteiger partial charge on any atom is 0.132 e. The molecule has 1 heterocycles. The van der Waals surface area contributed by atoms with Crippen molar-refractivity contribution >= 4 is 0 Å². The number of hydrogen-bond acceptors (Lipinski definition) is 2. The van der Waals surface area contributed by atoms with Crippen molar-refractivity contribution in [2.75, 3.05) is 13.1 Å². The van der Waals surface area contributed by atoms with E-state index in [-0.39, 0.29) is 12.1 Å². The Morgan fingerprint density at radius 3 is 2.08 bits per heavy atom. The van der Waals surface area contributed by atoms with E-state index < -0.39 is 12.3 Å². The van der Waals surface area contributed by atoms with Gasteiger partial charge in [0.05, 0.1) is 6.17 Å². The Morgan fingerprint density at radius 1 is 0.760 bits per heavy atom. The molecule has 2 saturated carbocycles. The van der Waals surface area contributed by atoms with E-state index in [4.69, 9.17) is 0 Å². The van der Waals surface area contributed by atoms with E-state index in [2.05, 4.69) is 17.6 Å². The van der Waals surface area contributed by atoms with Crippen LogP contribution in [0.25, 0.3) is 0 Å². The van der Waals surface area contributed by atoms with E-state index in [9.17, 15) is 8.78 Å². The summed E-state index contributed by atoms with van der Waals surface area (Å²) in [5, 5.41) is 7.25. The van der Waals surface area contributed by atoms with E-state index in [1.165, 1.54) is 51.4 Å². The van der Waals surface area contributed by atoms with Gasteiger partial charge in [0.2, 0.25) is 0 Å². The van der Waals surface area contributed by atoms with E-state index in [0.717, 1.165) is 31.3 Å². The lowest BCUT2D eigenvalue weighted by atomic mass is 9.73. The SMILES string of the molecule is CCCCCC1CCC(C2CNC(C3CCC(F)C(F)C3)NC2)CC1. The summed E-state index contributed by atoms with van der Waals surface area (Å²) in [6, 6.07) is 0. The van der Waals surface area contributed by atoms with Crippen LogP contribution in [-0.2, 0) is 0 Å². The minimum Gasteiger partial charge on any atom is -0.301 e. The molecule has 3 unspecified atom stereocenters. The maximum atomic E-state index is 13.7. The maximum absolute atomic E-state index is 13.7. The number of alkyl halides is 2. The van der Waals surface area contributed by atoms with Gasteiger partial charge < -0.3 is 10.6 Å². The predicted molar refractivity (Wildman–Crippen MR) is 100 cm³/mol. The van der Waals surface area contributed by atoms with Gasteiger partial charge in [0.1, 0.15) is 12.3 Å². The van der Waals surface area contributed by atoms with Crippen LogP contribution >= 0.6 is 0 Å². The van der Waals surface area contributed by atoms with Crippen LogP contribution in [0.15, 0.2) is 0 Å². The van der Waals surface area contributed by atoms with Gasteiger partial charge >= 0.3 is 0 Å². The lowest BCUT2D eigenvalue weighted by Crippen LogP contribution is -2.58. The summed E-state index contributed by atoms with van der Waals surface area (Å²) in [4.78, 5) is 0. The summed E-state index contributed by atoms with van der Waals surface area (Å²) in [6.07, 6.45) is 10.4. The Morgan fingerprint density at radius 2 is 1.44 bits per heavy atom. The molecule has 1 saturated heterocycles. The number of halogens is 2. The van der Waals surface area contributed by atoms with Crippen molar-refractivity contribution in [1.29, 1.82) is 0 Å². The molecule has 1 aliphatic heterocycles. The van der Waals surface area contributed by atoms with Crippen LogP contribution in [0, 0.1) is 23.7 Å². The molecule has 0 amide bonds. The van der Waals surface area contributed by atoms with Crippen LogP contribution in [0.2, 0.25) is 0 Å². The first kappa shape index (κ1) is 19.5. The van der Waals surface area contributed by atoms with Gasteiger partial charge in [0, 0.05) is 13.1 Å². The third kappa shape index (κ3) is 5.38. The molecule has 0 aromatic carbocycles. The van der Waals surface area contributed by atoms with Crippen molar-refractivity contribution in [1.82, 2.24) is 10.6 Å². The van der Waals surface area contributed by atoms with Crippen molar-refractivity contribution in [3.05, 3.63) is 0 Å². The Hall–Kier alpha value is -0.220. The molecule has 0 spiro atoms. The van der Waals surface area contributed by atoms with Gasteiger partial charge in [0.25, 0.3) is 0 Å². The van der Waals surface area contributed by atoms with Crippen molar-refractivity contribution < 1.29 is 8.78 Å². The largest absolute Gasteiger partial charge is 0.301 e. The zero-order chi connectivity index (χ0) is 17.6. The molecular weight excluding hydrogens is 318 g/mol. The van der Waals surface area contributed by atoms with Gasteiger partial charge in [-0.25, -0.2) is 8.78 Å². The second kappa shape index (κ2) is 9.64. The normalized spacial score (nSPS) is 43.1. The Bertz CT molecular complexity index is 376. The van der Waals surface area contributed by atoms with Crippen LogP contribution in [0.4, 0.5) is 8.78 Å². The molecule has 3 rings (SSSR count). The van der Waals surface area contributed by atoms with Crippen molar-refractivity contribution in [3.8, 4) is 0 Å². The highest BCUT2D eigenvalue weighted by molar-refractivity contribution is 4.91. The monoisotopic (exact) mass is 356 g/mol. The fraction of sp³-hybridized carbons (Fsp3) is 1.00. The number of rotatable bonds is 6. The highest BCUT2D eigenvalue weighted by Crippen LogP contribution is 2.37. The van der Waals surface area contributed by atoms with Crippen LogP contribution in [0.1, 0.15) is 77.6 Å². The van der Waals surface area contributed by atoms with Gasteiger partial charge in [-0.3, -0.25) is 0 Å². The van der Waals surface area contributed by atoms with Crippen LogP contribution in [0.5, 0.6) is 0 Å². The summed E-state index contributed by atoms with van der Waals surface area (Å²) in [6.45, 7) is 4.38. The van der Waals surface area contributed by atoms with Gasteiger partial charge in [-0.1, -0.05) is 45.4 Å². The molecule has 2 nitrogen and oxygen atoms in total. The first-order valence-electron chi connectivity index (χ1n) is 10.9. The van der Waals surface area contributed by atoms with Gasteiger partial charge in [-0.15, -0.1) is 0 Å². The molecule has 0 aromatic heterocycles. The third-order valence-electron chi connectivity index (χ3n) is 7.18. The molecule has 3 fully saturated rings. The Kier molecular flexibility index (Phi) is 7.53. The third-order valence-corrected chi connectivity index (χ3v) is 7.18.